The fourth-order valence-corrected chi connectivity index (χ4v) is 3.47. The highest BCUT2D eigenvalue weighted by Crippen LogP contribution is 2.13. The van der Waals surface area contributed by atoms with Gasteiger partial charge in [0, 0.05) is 38.1 Å². The fourth-order valence-electron chi connectivity index (χ4n) is 3.47. The summed E-state index contributed by atoms with van der Waals surface area (Å²) < 4.78 is 0. The molecular formula is C21H34N4O. The maximum absolute atomic E-state index is 12.1. The van der Waals surface area contributed by atoms with Crippen LogP contribution in [0.1, 0.15) is 43.9 Å². The van der Waals surface area contributed by atoms with Crippen LogP contribution < -0.4 is 10.6 Å². The second-order valence-electron chi connectivity index (χ2n) is 7.58. The third kappa shape index (κ3) is 6.04. The molecule has 1 atom stereocenters. The standard InChI is InChI=1S/C21H34N4O/c1-6-22-21(23-9-7-18-12-16(4)11-17(5)13-18)24-19-8-10-25(14-19)20(26)15(2)3/h11-13,15,19H,6-10,14H2,1-5H3,(H2,22,23,24). The number of nitrogens with zero attached hydrogens (tertiary/aromatic N) is 2. The maximum Gasteiger partial charge on any atom is 0.225 e. The van der Waals surface area contributed by atoms with Crippen LogP contribution in [-0.2, 0) is 11.2 Å². The molecule has 1 aromatic rings. The summed E-state index contributed by atoms with van der Waals surface area (Å²) in [5.41, 5.74) is 3.93. The summed E-state index contributed by atoms with van der Waals surface area (Å²) in [7, 11) is 0. The Morgan fingerprint density at radius 3 is 2.58 bits per heavy atom. The van der Waals surface area contributed by atoms with Gasteiger partial charge in [0.15, 0.2) is 5.96 Å². The van der Waals surface area contributed by atoms with Crippen molar-refractivity contribution >= 4 is 11.9 Å². The van der Waals surface area contributed by atoms with E-state index in [-0.39, 0.29) is 17.9 Å². The average molecular weight is 359 g/mol. The highest BCUT2D eigenvalue weighted by atomic mass is 16.2. The van der Waals surface area contributed by atoms with Crippen molar-refractivity contribution in [3.63, 3.8) is 0 Å². The maximum atomic E-state index is 12.1. The minimum atomic E-state index is 0.0634. The van der Waals surface area contributed by atoms with E-state index in [4.69, 9.17) is 4.99 Å². The van der Waals surface area contributed by atoms with E-state index in [0.29, 0.717) is 0 Å². The number of amides is 1. The van der Waals surface area contributed by atoms with Crippen LogP contribution in [0.25, 0.3) is 0 Å². The third-order valence-corrected chi connectivity index (χ3v) is 4.63. The lowest BCUT2D eigenvalue weighted by atomic mass is 10.1. The summed E-state index contributed by atoms with van der Waals surface area (Å²) in [5, 5.41) is 6.82. The highest BCUT2D eigenvalue weighted by molar-refractivity contribution is 5.81. The van der Waals surface area contributed by atoms with Gasteiger partial charge in [-0.1, -0.05) is 43.2 Å². The zero-order valence-corrected chi connectivity index (χ0v) is 16.9. The molecule has 5 nitrogen and oxygen atoms in total. The number of carbonyl (C=O) groups excluding carboxylic acids is 1. The molecule has 2 rings (SSSR count). The predicted octanol–water partition coefficient (Wildman–Crippen LogP) is 2.66. The van der Waals surface area contributed by atoms with Crippen LogP contribution in [0.5, 0.6) is 0 Å². The van der Waals surface area contributed by atoms with E-state index >= 15 is 0 Å². The molecule has 1 fully saturated rings. The van der Waals surface area contributed by atoms with E-state index in [1.807, 2.05) is 18.7 Å². The molecule has 2 N–H and O–H groups in total. The minimum Gasteiger partial charge on any atom is -0.357 e. The lowest BCUT2D eigenvalue weighted by molar-refractivity contribution is -0.133. The van der Waals surface area contributed by atoms with Gasteiger partial charge in [-0.2, -0.15) is 0 Å². The quantitative estimate of drug-likeness (QED) is 0.607. The van der Waals surface area contributed by atoms with E-state index in [1.165, 1.54) is 16.7 Å². The Morgan fingerprint density at radius 2 is 1.96 bits per heavy atom. The van der Waals surface area contributed by atoms with Crippen molar-refractivity contribution in [2.24, 2.45) is 10.9 Å². The molecule has 0 saturated carbocycles. The van der Waals surface area contributed by atoms with Crippen molar-refractivity contribution in [3.05, 3.63) is 34.9 Å². The Hall–Kier alpha value is -2.04. The minimum absolute atomic E-state index is 0.0634. The number of aliphatic imine (C=N–C) groups is 1. The Kier molecular flexibility index (Phi) is 7.49. The van der Waals surface area contributed by atoms with Crippen LogP contribution in [0.3, 0.4) is 0 Å². The monoisotopic (exact) mass is 358 g/mol. The van der Waals surface area contributed by atoms with Gasteiger partial charge >= 0.3 is 0 Å². The van der Waals surface area contributed by atoms with E-state index in [1.54, 1.807) is 0 Å². The van der Waals surface area contributed by atoms with Gasteiger partial charge in [0.25, 0.3) is 0 Å². The molecule has 1 aromatic carbocycles. The number of likely N-dealkylation sites (tertiary alicyclic amines) is 1. The van der Waals surface area contributed by atoms with Crippen molar-refractivity contribution in [2.45, 2.75) is 53.5 Å². The lowest BCUT2D eigenvalue weighted by Crippen LogP contribution is -2.45. The van der Waals surface area contributed by atoms with Gasteiger partial charge in [-0.3, -0.25) is 9.79 Å². The van der Waals surface area contributed by atoms with Crippen molar-refractivity contribution in [1.29, 1.82) is 0 Å². The molecule has 0 aromatic heterocycles. The zero-order chi connectivity index (χ0) is 19.1. The summed E-state index contributed by atoms with van der Waals surface area (Å²) >= 11 is 0. The molecule has 1 amide bonds. The number of hydrogen-bond donors (Lipinski definition) is 2. The Labute approximate surface area is 158 Å². The van der Waals surface area contributed by atoms with E-state index < -0.39 is 0 Å². The largest absolute Gasteiger partial charge is 0.357 e. The summed E-state index contributed by atoms with van der Waals surface area (Å²) in [6, 6.07) is 6.93. The van der Waals surface area contributed by atoms with E-state index in [0.717, 1.165) is 45.0 Å². The number of nitrogens with one attached hydrogen (secondary N) is 2. The summed E-state index contributed by atoms with van der Waals surface area (Å²) in [5.74, 6) is 1.15. The van der Waals surface area contributed by atoms with Gasteiger partial charge in [-0.15, -0.1) is 0 Å². The smallest absolute Gasteiger partial charge is 0.225 e. The number of guanidine groups is 1. The topological polar surface area (TPSA) is 56.7 Å². The first kappa shape index (κ1) is 20.3. The second-order valence-corrected chi connectivity index (χ2v) is 7.58. The summed E-state index contributed by atoms with van der Waals surface area (Å²) in [6.07, 6.45) is 1.90. The van der Waals surface area contributed by atoms with Gasteiger partial charge in [0.2, 0.25) is 5.91 Å². The zero-order valence-electron chi connectivity index (χ0n) is 16.9. The van der Waals surface area contributed by atoms with Crippen LogP contribution >= 0.6 is 0 Å². The fraction of sp³-hybridized carbons (Fsp3) is 0.619. The van der Waals surface area contributed by atoms with Gasteiger partial charge in [-0.25, -0.2) is 0 Å². The van der Waals surface area contributed by atoms with E-state index in [2.05, 4.69) is 49.6 Å². The molecule has 1 aliphatic rings. The van der Waals surface area contributed by atoms with Gasteiger partial charge in [0.1, 0.15) is 0 Å². The molecule has 0 bridgehead atoms. The molecule has 144 valence electrons. The molecule has 5 heteroatoms. The Morgan fingerprint density at radius 1 is 1.27 bits per heavy atom. The summed E-state index contributed by atoms with van der Waals surface area (Å²) in [4.78, 5) is 18.8. The normalized spacial score (nSPS) is 17.7. The molecule has 26 heavy (non-hydrogen) atoms. The molecule has 1 heterocycles. The number of rotatable bonds is 6. The highest BCUT2D eigenvalue weighted by Gasteiger charge is 2.27. The van der Waals surface area contributed by atoms with Gasteiger partial charge in [0.05, 0.1) is 0 Å². The van der Waals surface area contributed by atoms with Crippen LogP contribution in [-0.4, -0.2) is 49.0 Å². The molecule has 0 radical (unpaired) electrons. The Balaban J connectivity index is 1.89. The molecule has 0 spiro atoms. The van der Waals surface area contributed by atoms with E-state index in [9.17, 15) is 4.79 Å². The number of carbonyl (C=O) groups is 1. The molecular weight excluding hydrogens is 324 g/mol. The van der Waals surface area contributed by atoms with Crippen molar-refractivity contribution in [3.8, 4) is 0 Å². The predicted molar refractivity (Wildman–Crippen MR) is 109 cm³/mol. The van der Waals surface area contributed by atoms with Crippen LogP contribution in [0.15, 0.2) is 23.2 Å². The number of benzene rings is 1. The van der Waals surface area contributed by atoms with Crippen LogP contribution in [0.4, 0.5) is 0 Å². The van der Waals surface area contributed by atoms with Crippen molar-refractivity contribution in [1.82, 2.24) is 15.5 Å². The van der Waals surface area contributed by atoms with Crippen LogP contribution in [0, 0.1) is 19.8 Å². The van der Waals surface area contributed by atoms with Gasteiger partial charge < -0.3 is 15.5 Å². The first-order valence-corrected chi connectivity index (χ1v) is 9.79. The van der Waals surface area contributed by atoms with Gasteiger partial charge in [-0.05, 0) is 39.2 Å². The second kappa shape index (κ2) is 9.60. The SMILES string of the molecule is CCNC(=NCCc1cc(C)cc(C)c1)NC1CCN(C(=O)C(C)C)C1. The molecule has 1 aliphatic heterocycles. The number of hydrogen-bond acceptors (Lipinski definition) is 2. The summed E-state index contributed by atoms with van der Waals surface area (Å²) in [6.45, 7) is 13.4. The molecule has 1 unspecified atom stereocenters. The lowest BCUT2D eigenvalue weighted by Gasteiger charge is -2.20. The molecule has 1 saturated heterocycles. The van der Waals surface area contributed by atoms with Crippen molar-refractivity contribution < 1.29 is 4.79 Å². The van der Waals surface area contributed by atoms with Crippen LogP contribution in [0.2, 0.25) is 0 Å². The number of aryl methyl sites for hydroxylation is 2. The first-order chi connectivity index (χ1) is 12.4. The average Bonchev–Trinajstić information content (AvgIpc) is 3.01. The molecule has 0 aliphatic carbocycles. The Bertz CT molecular complexity index is 619. The first-order valence-electron chi connectivity index (χ1n) is 9.79. The van der Waals surface area contributed by atoms with Crippen molar-refractivity contribution in [2.75, 3.05) is 26.2 Å². The third-order valence-electron chi connectivity index (χ3n) is 4.63.